The predicted octanol–water partition coefficient (Wildman–Crippen LogP) is 2.04. The lowest BCUT2D eigenvalue weighted by atomic mass is 10.3. The third kappa shape index (κ3) is 2.10. The first kappa shape index (κ1) is 10.8. The molecule has 1 aromatic carbocycles. The van der Waals surface area contributed by atoms with Crippen LogP contribution in [0.1, 0.15) is 12.8 Å². The molecule has 0 unspecified atom stereocenters. The molecule has 1 N–H and O–H groups in total. The molecule has 0 saturated carbocycles. The topological polar surface area (TPSA) is 43.8 Å². The quantitative estimate of drug-likeness (QED) is 0.787. The average Bonchev–Trinajstić information content (AvgIpc) is 2.80. The first-order valence-electron chi connectivity index (χ1n) is 5.50. The van der Waals surface area contributed by atoms with E-state index in [-0.39, 0.29) is 11.8 Å². The maximum absolute atomic E-state index is 12.0. The summed E-state index contributed by atoms with van der Waals surface area (Å²) in [5.74, 6) is 0.179. The molecule has 1 heterocycles. The molecule has 0 spiro atoms. The van der Waals surface area contributed by atoms with Crippen molar-refractivity contribution < 1.29 is 9.90 Å². The number of urea groups is 1. The molecule has 16 heavy (non-hydrogen) atoms. The van der Waals surface area contributed by atoms with Gasteiger partial charge in [0.15, 0.2) is 0 Å². The van der Waals surface area contributed by atoms with Crippen LogP contribution in [0.4, 0.5) is 10.5 Å². The minimum absolute atomic E-state index is 0.00287. The van der Waals surface area contributed by atoms with Crippen LogP contribution in [0.15, 0.2) is 24.3 Å². The summed E-state index contributed by atoms with van der Waals surface area (Å²) in [5.41, 5.74) is 0.719. The van der Waals surface area contributed by atoms with Crippen molar-refractivity contribution in [3.63, 3.8) is 0 Å². The monoisotopic (exact) mass is 220 g/mol. The second-order valence-corrected chi connectivity index (χ2v) is 4.06. The highest BCUT2D eigenvalue weighted by atomic mass is 16.3. The Kier molecular flexibility index (Phi) is 2.99. The van der Waals surface area contributed by atoms with E-state index in [2.05, 4.69) is 0 Å². The smallest absolute Gasteiger partial charge is 0.324 e. The Labute approximate surface area is 95.1 Å². The highest BCUT2D eigenvalue weighted by Gasteiger charge is 2.22. The number of aromatic hydroxyl groups is 1. The van der Waals surface area contributed by atoms with Crippen molar-refractivity contribution in [1.29, 1.82) is 0 Å². The van der Waals surface area contributed by atoms with Gasteiger partial charge in [-0.05, 0) is 25.0 Å². The summed E-state index contributed by atoms with van der Waals surface area (Å²) in [5, 5.41) is 9.36. The van der Waals surface area contributed by atoms with Crippen molar-refractivity contribution in [2.75, 3.05) is 25.0 Å². The molecule has 1 saturated heterocycles. The maximum Gasteiger partial charge on any atom is 0.324 e. The van der Waals surface area contributed by atoms with Crippen molar-refractivity contribution in [2.24, 2.45) is 0 Å². The minimum Gasteiger partial charge on any atom is -0.508 e. The maximum atomic E-state index is 12.0. The number of likely N-dealkylation sites (tertiary alicyclic amines) is 1. The summed E-state index contributed by atoms with van der Waals surface area (Å²) in [4.78, 5) is 15.4. The summed E-state index contributed by atoms with van der Waals surface area (Å²) in [7, 11) is 1.73. The second kappa shape index (κ2) is 4.43. The van der Waals surface area contributed by atoms with Gasteiger partial charge in [0, 0.05) is 31.9 Å². The van der Waals surface area contributed by atoms with Gasteiger partial charge in [-0.3, -0.25) is 4.90 Å². The molecule has 1 aliphatic rings. The van der Waals surface area contributed by atoms with Gasteiger partial charge in [0.1, 0.15) is 5.75 Å². The zero-order valence-corrected chi connectivity index (χ0v) is 9.39. The predicted molar refractivity (Wildman–Crippen MR) is 62.7 cm³/mol. The summed E-state index contributed by atoms with van der Waals surface area (Å²) < 4.78 is 0. The van der Waals surface area contributed by atoms with Gasteiger partial charge in [-0.25, -0.2) is 4.79 Å². The zero-order valence-electron chi connectivity index (χ0n) is 9.39. The fourth-order valence-electron chi connectivity index (χ4n) is 1.93. The Hall–Kier alpha value is -1.71. The molecule has 0 aromatic heterocycles. The zero-order chi connectivity index (χ0) is 11.5. The lowest BCUT2D eigenvalue weighted by Crippen LogP contribution is -2.39. The third-order valence-corrected chi connectivity index (χ3v) is 2.88. The van der Waals surface area contributed by atoms with E-state index in [1.807, 2.05) is 11.0 Å². The van der Waals surface area contributed by atoms with Crippen LogP contribution in [-0.4, -0.2) is 36.2 Å². The Morgan fingerprint density at radius 3 is 2.69 bits per heavy atom. The molecule has 0 atom stereocenters. The van der Waals surface area contributed by atoms with E-state index in [1.54, 1.807) is 30.1 Å². The van der Waals surface area contributed by atoms with Gasteiger partial charge in [0.25, 0.3) is 0 Å². The standard InChI is InChI=1S/C12H16N2O2/c1-13(10-5-4-6-11(15)9-10)12(16)14-7-2-3-8-14/h4-6,9,15H,2-3,7-8H2,1H3. The molecule has 0 bridgehead atoms. The Morgan fingerprint density at radius 1 is 1.38 bits per heavy atom. The highest BCUT2D eigenvalue weighted by molar-refractivity contribution is 5.91. The van der Waals surface area contributed by atoms with Crippen molar-refractivity contribution >= 4 is 11.7 Å². The number of phenolic OH excluding ortho intramolecular Hbond substituents is 1. The number of carbonyl (C=O) groups is 1. The number of benzene rings is 1. The van der Waals surface area contributed by atoms with Gasteiger partial charge < -0.3 is 10.0 Å². The number of nitrogens with zero attached hydrogens (tertiary/aromatic N) is 2. The van der Waals surface area contributed by atoms with Crippen LogP contribution >= 0.6 is 0 Å². The van der Waals surface area contributed by atoms with Crippen molar-refractivity contribution in [1.82, 2.24) is 4.90 Å². The Balaban J connectivity index is 2.11. The van der Waals surface area contributed by atoms with E-state index in [0.29, 0.717) is 0 Å². The van der Waals surface area contributed by atoms with Crippen molar-refractivity contribution in [2.45, 2.75) is 12.8 Å². The summed E-state index contributed by atoms with van der Waals surface area (Å²) in [6.07, 6.45) is 2.17. The molecule has 1 aromatic rings. The van der Waals surface area contributed by atoms with E-state index < -0.39 is 0 Å². The van der Waals surface area contributed by atoms with E-state index in [4.69, 9.17) is 0 Å². The number of amides is 2. The molecule has 86 valence electrons. The van der Waals surface area contributed by atoms with Crippen LogP contribution in [0.5, 0.6) is 5.75 Å². The van der Waals surface area contributed by atoms with Crippen LogP contribution < -0.4 is 4.90 Å². The first-order chi connectivity index (χ1) is 7.68. The molecular weight excluding hydrogens is 204 g/mol. The van der Waals surface area contributed by atoms with E-state index in [9.17, 15) is 9.90 Å². The lowest BCUT2D eigenvalue weighted by Gasteiger charge is -2.24. The summed E-state index contributed by atoms with van der Waals surface area (Å²) in [6, 6.07) is 6.74. The van der Waals surface area contributed by atoms with Gasteiger partial charge >= 0.3 is 6.03 Å². The Morgan fingerprint density at radius 2 is 2.06 bits per heavy atom. The van der Waals surface area contributed by atoms with Gasteiger partial charge in [-0.15, -0.1) is 0 Å². The van der Waals surface area contributed by atoms with Crippen LogP contribution in [0.2, 0.25) is 0 Å². The van der Waals surface area contributed by atoms with Gasteiger partial charge in [0.2, 0.25) is 0 Å². The minimum atomic E-state index is 0.00287. The molecule has 4 nitrogen and oxygen atoms in total. The van der Waals surface area contributed by atoms with Gasteiger partial charge in [-0.1, -0.05) is 6.07 Å². The SMILES string of the molecule is CN(C(=O)N1CCCC1)c1cccc(O)c1. The second-order valence-electron chi connectivity index (χ2n) is 4.06. The molecule has 0 radical (unpaired) electrons. The highest BCUT2D eigenvalue weighted by Crippen LogP contribution is 2.21. The van der Waals surface area contributed by atoms with Crippen molar-refractivity contribution in [3.05, 3.63) is 24.3 Å². The normalized spacial score (nSPS) is 15.2. The summed E-state index contributed by atoms with van der Waals surface area (Å²) in [6.45, 7) is 1.67. The summed E-state index contributed by atoms with van der Waals surface area (Å²) >= 11 is 0. The molecule has 2 rings (SSSR count). The van der Waals surface area contributed by atoms with Gasteiger partial charge in [0.05, 0.1) is 0 Å². The number of hydrogen-bond donors (Lipinski definition) is 1. The molecule has 2 amide bonds. The van der Waals surface area contributed by atoms with Crippen LogP contribution in [0.25, 0.3) is 0 Å². The van der Waals surface area contributed by atoms with Crippen LogP contribution in [0.3, 0.4) is 0 Å². The van der Waals surface area contributed by atoms with E-state index >= 15 is 0 Å². The van der Waals surface area contributed by atoms with Crippen molar-refractivity contribution in [3.8, 4) is 5.75 Å². The van der Waals surface area contributed by atoms with Crippen LogP contribution in [0, 0.1) is 0 Å². The fraction of sp³-hybridized carbons (Fsp3) is 0.417. The number of rotatable bonds is 1. The third-order valence-electron chi connectivity index (χ3n) is 2.88. The lowest BCUT2D eigenvalue weighted by molar-refractivity contribution is 0.217. The van der Waals surface area contributed by atoms with E-state index in [0.717, 1.165) is 31.6 Å². The number of phenols is 1. The molecular formula is C12H16N2O2. The average molecular weight is 220 g/mol. The number of carbonyl (C=O) groups excluding carboxylic acids is 1. The molecule has 4 heteroatoms. The number of anilines is 1. The Bertz CT molecular complexity index is 386. The van der Waals surface area contributed by atoms with Crippen LogP contribution in [-0.2, 0) is 0 Å². The first-order valence-corrected chi connectivity index (χ1v) is 5.50. The largest absolute Gasteiger partial charge is 0.508 e. The number of hydrogen-bond acceptors (Lipinski definition) is 2. The molecule has 1 aliphatic heterocycles. The fourth-order valence-corrected chi connectivity index (χ4v) is 1.93. The van der Waals surface area contributed by atoms with E-state index in [1.165, 1.54) is 0 Å². The molecule has 0 aliphatic carbocycles. The molecule has 1 fully saturated rings. The van der Waals surface area contributed by atoms with Gasteiger partial charge in [-0.2, -0.15) is 0 Å².